The molecule has 22 heavy (non-hydrogen) atoms. The molecule has 0 radical (unpaired) electrons. The number of nitrogens with zero attached hydrogens (tertiary/aromatic N) is 3. The summed E-state index contributed by atoms with van der Waals surface area (Å²) in [5.41, 5.74) is 0.239. The zero-order valence-corrected chi connectivity index (χ0v) is 11.9. The summed E-state index contributed by atoms with van der Waals surface area (Å²) >= 11 is 1.22. The van der Waals surface area contributed by atoms with Crippen molar-refractivity contribution in [2.75, 3.05) is 5.32 Å². The summed E-state index contributed by atoms with van der Waals surface area (Å²) in [6.07, 6.45) is 7.68. The maximum absolute atomic E-state index is 12.0. The van der Waals surface area contributed by atoms with Gasteiger partial charge < -0.3 is 9.52 Å². The smallest absolute Gasteiger partial charge is 0.259 e. The second-order valence-corrected chi connectivity index (χ2v) is 5.19. The first-order valence-electron chi connectivity index (χ1n) is 6.21. The molecule has 0 aliphatic carbocycles. The SMILES string of the molecule is O=C(Nc1nnc(C=Cc2ccco2)s1)c1cncc(O)c1. The lowest BCUT2D eigenvalue weighted by atomic mass is 10.2. The molecule has 3 rings (SSSR count). The van der Waals surface area contributed by atoms with Crippen molar-refractivity contribution < 1.29 is 14.3 Å². The van der Waals surface area contributed by atoms with Crippen molar-refractivity contribution in [2.24, 2.45) is 0 Å². The molecule has 0 saturated carbocycles. The van der Waals surface area contributed by atoms with Crippen LogP contribution in [0.3, 0.4) is 0 Å². The van der Waals surface area contributed by atoms with Crippen LogP contribution < -0.4 is 5.32 Å². The Morgan fingerprint density at radius 3 is 3.00 bits per heavy atom. The molecule has 0 aliphatic heterocycles. The Morgan fingerprint density at radius 1 is 1.32 bits per heavy atom. The van der Waals surface area contributed by atoms with Crippen LogP contribution in [0.4, 0.5) is 5.13 Å². The van der Waals surface area contributed by atoms with Crippen molar-refractivity contribution in [1.82, 2.24) is 15.2 Å². The molecule has 0 unspecified atom stereocenters. The first-order chi connectivity index (χ1) is 10.7. The van der Waals surface area contributed by atoms with E-state index in [4.69, 9.17) is 4.42 Å². The normalized spacial score (nSPS) is 10.9. The fourth-order valence-corrected chi connectivity index (χ4v) is 2.25. The first kappa shape index (κ1) is 14.0. The van der Waals surface area contributed by atoms with E-state index in [1.165, 1.54) is 29.8 Å². The van der Waals surface area contributed by atoms with E-state index in [9.17, 15) is 9.90 Å². The highest BCUT2D eigenvalue weighted by atomic mass is 32.1. The van der Waals surface area contributed by atoms with Crippen molar-refractivity contribution in [2.45, 2.75) is 0 Å². The van der Waals surface area contributed by atoms with Crippen LogP contribution in [-0.2, 0) is 0 Å². The van der Waals surface area contributed by atoms with Gasteiger partial charge in [0.25, 0.3) is 5.91 Å². The average Bonchev–Trinajstić information content (AvgIpc) is 3.16. The molecule has 0 spiro atoms. The molecule has 8 heteroatoms. The van der Waals surface area contributed by atoms with Gasteiger partial charge in [-0.15, -0.1) is 10.2 Å². The number of nitrogens with one attached hydrogen (secondary N) is 1. The van der Waals surface area contributed by atoms with Gasteiger partial charge in [0.05, 0.1) is 18.0 Å². The lowest BCUT2D eigenvalue weighted by molar-refractivity contribution is 0.102. The summed E-state index contributed by atoms with van der Waals surface area (Å²) in [5, 5.41) is 20.7. The maximum Gasteiger partial charge on any atom is 0.259 e. The fraction of sp³-hybridized carbons (Fsp3) is 0. The Bertz CT molecular complexity index is 811. The van der Waals surface area contributed by atoms with E-state index in [1.807, 2.05) is 6.07 Å². The number of rotatable bonds is 4. The molecule has 0 atom stereocenters. The van der Waals surface area contributed by atoms with Crippen LogP contribution in [0.2, 0.25) is 0 Å². The van der Waals surface area contributed by atoms with Crippen LogP contribution in [-0.4, -0.2) is 26.2 Å². The molecule has 0 aliphatic rings. The summed E-state index contributed by atoms with van der Waals surface area (Å²) in [7, 11) is 0. The predicted molar refractivity (Wildman–Crippen MR) is 81.4 cm³/mol. The van der Waals surface area contributed by atoms with E-state index in [2.05, 4.69) is 20.5 Å². The standard InChI is InChI=1S/C14H10N4O3S/c19-10-6-9(7-15-8-10)13(20)16-14-18-17-12(22-14)4-3-11-2-1-5-21-11/h1-8,19H,(H,16,18,20). The average molecular weight is 314 g/mol. The van der Waals surface area contributed by atoms with Crippen molar-refractivity contribution in [3.05, 3.63) is 53.2 Å². The third kappa shape index (κ3) is 3.36. The zero-order valence-electron chi connectivity index (χ0n) is 11.1. The third-order valence-corrected chi connectivity index (χ3v) is 3.38. The minimum atomic E-state index is -0.416. The van der Waals surface area contributed by atoms with Crippen LogP contribution in [0.15, 0.2) is 41.3 Å². The van der Waals surface area contributed by atoms with Gasteiger partial charge in [0, 0.05) is 6.20 Å². The lowest BCUT2D eigenvalue weighted by Crippen LogP contribution is -2.11. The number of hydrogen-bond donors (Lipinski definition) is 2. The monoisotopic (exact) mass is 314 g/mol. The minimum Gasteiger partial charge on any atom is -0.506 e. The number of anilines is 1. The second kappa shape index (κ2) is 6.19. The van der Waals surface area contributed by atoms with E-state index >= 15 is 0 Å². The van der Waals surface area contributed by atoms with Crippen molar-refractivity contribution in [1.29, 1.82) is 0 Å². The molecular formula is C14H10N4O3S. The van der Waals surface area contributed by atoms with Gasteiger partial charge in [0.15, 0.2) is 0 Å². The summed E-state index contributed by atoms with van der Waals surface area (Å²) < 4.78 is 5.16. The molecule has 2 N–H and O–H groups in total. The lowest BCUT2D eigenvalue weighted by Gasteiger charge is -2.00. The highest BCUT2D eigenvalue weighted by molar-refractivity contribution is 7.16. The first-order valence-corrected chi connectivity index (χ1v) is 7.03. The number of aromatic nitrogens is 3. The largest absolute Gasteiger partial charge is 0.506 e. The van der Waals surface area contributed by atoms with Gasteiger partial charge in [0.1, 0.15) is 16.5 Å². The fourth-order valence-electron chi connectivity index (χ4n) is 1.61. The van der Waals surface area contributed by atoms with Crippen molar-refractivity contribution in [3.63, 3.8) is 0 Å². The van der Waals surface area contributed by atoms with Crippen LogP contribution in [0.5, 0.6) is 5.75 Å². The number of aromatic hydroxyl groups is 1. The van der Waals surface area contributed by atoms with Crippen molar-refractivity contribution >= 4 is 34.5 Å². The van der Waals surface area contributed by atoms with Gasteiger partial charge in [-0.25, -0.2) is 0 Å². The number of furan rings is 1. The third-order valence-electron chi connectivity index (χ3n) is 2.58. The van der Waals surface area contributed by atoms with E-state index in [0.717, 1.165) is 0 Å². The number of hydrogen-bond acceptors (Lipinski definition) is 7. The highest BCUT2D eigenvalue weighted by Crippen LogP contribution is 2.19. The molecule has 3 aromatic rings. The molecule has 0 aromatic carbocycles. The van der Waals surface area contributed by atoms with E-state index in [0.29, 0.717) is 15.9 Å². The molecule has 0 saturated heterocycles. The zero-order chi connectivity index (χ0) is 15.4. The quantitative estimate of drug-likeness (QED) is 0.767. The highest BCUT2D eigenvalue weighted by Gasteiger charge is 2.10. The number of carbonyl (C=O) groups is 1. The minimum absolute atomic E-state index is 0.0769. The number of amides is 1. The molecule has 1 amide bonds. The van der Waals surface area contributed by atoms with Gasteiger partial charge in [-0.1, -0.05) is 11.3 Å². The van der Waals surface area contributed by atoms with Crippen LogP contribution in [0, 0.1) is 0 Å². The van der Waals surface area contributed by atoms with E-state index in [1.54, 1.807) is 24.5 Å². The van der Waals surface area contributed by atoms with Gasteiger partial charge >= 0.3 is 0 Å². The summed E-state index contributed by atoms with van der Waals surface area (Å²) in [6, 6.07) is 4.92. The van der Waals surface area contributed by atoms with E-state index < -0.39 is 5.91 Å². The van der Waals surface area contributed by atoms with E-state index in [-0.39, 0.29) is 11.3 Å². The topological polar surface area (TPSA) is 101 Å². The summed E-state index contributed by atoms with van der Waals surface area (Å²) in [5.74, 6) is 0.208. The van der Waals surface area contributed by atoms with Gasteiger partial charge in [0.2, 0.25) is 5.13 Å². The maximum atomic E-state index is 12.0. The summed E-state index contributed by atoms with van der Waals surface area (Å²) in [6.45, 7) is 0. The Balaban J connectivity index is 1.68. The van der Waals surface area contributed by atoms with Gasteiger partial charge in [-0.05, 0) is 30.4 Å². The van der Waals surface area contributed by atoms with Crippen LogP contribution >= 0.6 is 11.3 Å². The van der Waals surface area contributed by atoms with Crippen molar-refractivity contribution in [3.8, 4) is 5.75 Å². The predicted octanol–water partition coefficient (Wildman–Crippen LogP) is 2.65. The number of pyridine rings is 1. The molecule has 7 nitrogen and oxygen atoms in total. The molecular weight excluding hydrogens is 304 g/mol. The molecule has 110 valence electrons. The molecule has 0 fully saturated rings. The Hall–Kier alpha value is -3.00. The molecule has 3 heterocycles. The molecule has 0 bridgehead atoms. The van der Waals surface area contributed by atoms with Gasteiger partial charge in [-0.2, -0.15) is 0 Å². The second-order valence-electron chi connectivity index (χ2n) is 4.18. The Labute approximate surface area is 129 Å². The Kier molecular flexibility index (Phi) is 3.92. The Morgan fingerprint density at radius 2 is 2.23 bits per heavy atom. The van der Waals surface area contributed by atoms with Gasteiger partial charge in [-0.3, -0.25) is 15.1 Å². The number of carbonyl (C=O) groups excluding carboxylic acids is 1. The van der Waals surface area contributed by atoms with Crippen LogP contribution in [0.25, 0.3) is 12.2 Å². The van der Waals surface area contributed by atoms with Crippen LogP contribution in [0.1, 0.15) is 21.1 Å². The summed E-state index contributed by atoms with van der Waals surface area (Å²) in [4.78, 5) is 15.7. The molecule has 3 aromatic heterocycles.